The molecule has 118 valence electrons. The number of carbonyl (C=O) groups excluding carboxylic acids is 1. The lowest BCUT2D eigenvalue weighted by Gasteiger charge is -2.26. The van der Waals surface area contributed by atoms with Gasteiger partial charge in [0, 0.05) is 37.4 Å². The molecule has 1 heterocycles. The molecule has 1 aliphatic heterocycles. The van der Waals surface area contributed by atoms with Crippen molar-refractivity contribution in [2.45, 2.75) is 24.4 Å². The van der Waals surface area contributed by atoms with Crippen LogP contribution in [-0.4, -0.2) is 31.0 Å². The predicted molar refractivity (Wildman–Crippen MR) is 89.6 cm³/mol. The van der Waals surface area contributed by atoms with Crippen LogP contribution >= 0.6 is 0 Å². The molecular weight excluding hydrogens is 286 g/mol. The third-order valence-corrected chi connectivity index (χ3v) is 5.22. The summed E-state index contributed by atoms with van der Waals surface area (Å²) in [6.45, 7) is 0. The van der Waals surface area contributed by atoms with E-state index in [1.807, 2.05) is 44.4 Å². The molecule has 1 amide bonds. The van der Waals surface area contributed by atoms with Gasteiger partial charge in [0.2, 0.25) is 5.91 Å². The van der Waals surface area contributed by atoms with Crippen LogP contribution in [0.15, 0.2) is 54.6 Å². The van der Waals surface area contributed by atoms with E-state index < -0.39 is 0 Å². The number of benzene rings is 2. The zero-order valence-electron chi connectivity index (χ0n) is 13.5. The second kappa shape index (κ2) is 5.41. The molecule has 0 bridgehead atoms. The minimum atomic E-state index is -0.0178. The van der Waals surface area contributed by atoms with Crippen LogP contribution in [0.1, 0.15) is 29.4 Å². The minimum Gasteiger partial charge on any atom is -0.489 e. The Labute approximate surface area is 136 Å². The number of amides is 1. The van der Waals surface area contributed by atoms with Crippen LogP contribution in [0.5, 0.6) is 5.75 Å². The van der Waals surface area contributed by atoms with Gasteiger partial charge in [-0.1, -0.05) is 48.5 Å². The molecule has 1 fully saturated rings. The van der Waals surface area contributed by atoms with E-state index >= 15 is 0 Å². The van der Waals surface area contributed by atoms with Gasteiger partial charge in [0.25, 0.3) is 0 Å². The maximum Gasteiger partial charge on any atom is 0.225 e. The summed E-state index contributed by atoms with van der Waals surface area (Å²) in [5.41, 5.74) is 2.46. The molecule has 0 aromatic heterocycles. The molecule has 2 aromatic rings. The molecule has 0 radical (unpaired) electrons. The Balaban J connectivity index is 1.76. The highest BCUT2D eigenvalue weighted by Gasteiger charge is 2.52. The standard InChI is InChI=1S/C20H21NO2/c1-21(2)20(22)16-12-15-14-10-6-7-11-17(14)23-19(15)18(16)13-8-4-3-5-9-13/h3-11,15-16,18-19H,12H2,1-2H3. The van der Waals surface area contributed by atoms with Crippen LogP contribution in [-0.2, 0) is 4.79 Å². The lowest BCUT2D eigenvalue weighted by atomic mass is 9.86. The highest BCUT2D eigenvalue weighted by Crippen LogP contribution is 2.55. The minimum absolute atomic E-state index is 0.0178. The van der Waals surface area contributed by atoms with Crippen LogP contribution in [0.3, 0.4) is 0 Å². The van der Waals surface area contributed by atoms with Crippen molar-refractivity contribution in [1.82, 2.24) is 4.90 Å². The van der Waals surface area contributed by atoms with Crippen molar-refractivity contribution in [3.8, 4) is 5.75 Å². The largest absolute Gasteiger partial charge is 0.489 e. The molecule has 4 unspecified atom stereocenters. The quantitative estimate of drug-likeness (QED) is 0.851. The van der Waals surface area contributed by atoms with Crippen molar-refractivity contribution in [2.24, 2.45) is 5.92 Å². The zero-order valence-corrected chi connectivity index (χ0v) is 13.5. The number of nitrogens with zero attached hydrogens (tertiary/aromatic N) is 1. The number of hydrogen-bond donors (Lipinski definition) is 0. The third kappa shape index (κ3) is 2.23. The molecule has 2 aliphatic rings. The first-order valence-electron chi connectivity index (χ1n) is 8.18. The fourth-order valence-electron chi connectivity index (χ4n) is 4.22. The fraction of sp³-hybridized carbons (Fsp3) is 0.350. The molecule has 1 saturated carbocycles. The van der Waals surface area contributed by atoms with Crippen LogP contribution in [0, 0.1) is 5.92 Å². The van der Waals surface area contributed by atoms with Crippen molar-refractivity contribution in [3.63, 3.8) is 0 Å². The van der Waals surface area contributed by atoms with E-state index in [0.717, 1.165) is 12.2 Å². The molecule has 4 atom stereocenters. The van der Waals surface area contributed by atoms with E-state index in [2.05, 4.69) is 24.3 Å². The van der Waals surface area contributed by atoms with E-state index in [-0.39, 0.29) is 23.8 Å². The normalized spacial score (nSPS) is 27.9. The first-order chi connectivity index (χ1) is 11.2. The van der Waals surface area contributed by atoms with Crippen LogP contribution < -0.4 is 4.74 Å². The average molecular weight is 307 g/mol. The Bertz CT molecular complexity index is 725. The maximum atomic E-state index is 12.7. The second-order valence-electron chi connectivity index (χ2n) is 6.74. The van der Waals surface area contributed by atoms with E-state index in [4.69, 9.17) is 4.74 Å². The van der Waals surface area contributed by atoms with Gasteiger partial charge in [-0.3, -0.25) is 4.79 Å². The predicted octanol–water partition coefficient (Wildman–Crippen LogP) is 3.42. The Kier molecular flexibility index (Phi) is 3.37. The van der Waals surface area contributed by atoms with E-state index in [0.29, 0.717) is 5.92 Å². The zero-order chi connectivity index (χ0) is 16.0. The molecular formula is C20H21NO2. The summed E-state index contributed by atoms with van der Waals surface area (Å²) in [5, 5.41) is 0. The topological polar surface area (TPSA) is 29.5 Å². The summed E-state index contributed by atoms with van der Waals surface area (Å²) < 4.78 is 6.29. The number of hydrogen-bond acceptors (Lipinski definition) is 2. The third-order valence-electron chi connectivity index (χ3n) is 5.22. The molecule has 0 N–H and O–H groups in total. The molecule has 3 nitrogen and oxygen atoms in total. The first-order valence-corrected chi connectivity index (χ1v) is 8.18. The number of carbonyl (C=O) groups is 1. The summed E-state index contributed by atoms with van der Waals surface area (Å²) >= 11 is 0. The van der Waals surface area contributed by atoms with Crippen LogP contribution in [0.4, 0.5) is 0 Å². The number of fused-ring (bicyclic) bond motifs is 3. The van der Waals surface area contributed by atoms with E-state index in [1.165, 1.54) is 11.1 Å². The highest BCUT2D eigenvalue weighted by atomic mass is 16.5. The Morgan fingerprint density at radius 1 is 1.04 bits per heavy atom. The van der Waals surface area contributed by atoms with Gasteiger partial charge in [-0.15, -0.1) is 0 Å². The summed E-state index contributed by atoms with van der Waals surface area (Å²) in [4.78, 5) is 14.5. The Morgan fingerprint density at radius 3 is 2.48 bits per heavy atom. The lowest BCUT2D eigenvalue weighted by molar-refractivity contribution is -0.133. The molecule has 3 heteroatoms. The van der Waals surface area contributed by atoms with Crippen LogP contribution in [0.2, 0.25) is 0 Å². The van der Waals surface area contributed by atoms with Crippen LogP contribution in [0.25, 0.3) is 0 Å². The van der Waals surface area contributed by atoms with Gasteiger partial charge in [-0.05, 0) is 18.1 Å². The average Bonchev–Trinajstić information content (AvgIpc) is 3.10. The SMILES string of the molecule is CN(C)C(=O)C1CC2c3ccccc3OC2C1c1ccccc1. The van der Waals surface area contributed by atoms with Gasteiger partial charge >= 0.3 is 0 Å². The Morgan fingerprint density at radius 2 is 1.74 bits per heavy atom. The van der Waals surface area contributed by atoms with Gasteiger partial charge < -0.3 is 9.64 Å². The Hall–Kier alpha value is -2.29. The molecule has 0 saturated heterocycles. The lowest BCUT2D eigenvalue weighted by Crippen LogP contribution is -2.34. The fourth-order valence-corrected chi connectivity index (χ4v) is 4.22. The van der Waals surface area contributed by atoms with Crippen molar-refractivity contribution in [2.75, 3.05) is 14.1 Å². The van der Waals surface area contributed by atoms with E-state index in [1.54, 1.807) is 4.90 Å². The molecule has 4 rings (SSSR count). The second-order valence-corrected chi connectivity index (χ2v) is 6.74. The summed E-state index contributed by atoms with van der Waals surface area (Å²) in [7, 11) is 3.68. The van der Waals surface area contributed by atoms with Crippen molar-refractivity contribution >= 4 is 5.91 Å². The molecule has 0 spiro atoms. The van der Waals surface area contributed by atoms with Gasteiger partial charge in [0.15, 0.2) is 0 Å². The number of rotatable bonds is 2. The number of ether oxygens (including phenoxy) is 1. The van der Waals surface area contributed by atoms with Crippen molar-refractivity contribution in [1.29, 1.82) is 0 Å². The van der Waals surface area contributed by atoms with Crippen molar-refractivity contribution < 1.29 is 9.53 Å². The molecule has 2 aromatic carbocycles. The highest BCUT2D eigenvalue weighted by molar-refractivity contribution is 5.80. The summed E-state index contributed by atoms with van der Waals surface area (Å²) in [6, 6.07) is 18.6. The monoisotopic (exact) mass is 307 g/mol. The summed E-state index contributed by atoms with van der Waals surface area (Å²) in [6.07, 6.45) is 0.918. The van der Waals surface area contributed by atoms with Crippen molar-refractivity contribution in [3.05, 3.63) is 65.7 Å². The van der Waals surface area contributed by atoms with Gasteiger partial charge in [0.05, 0.1) is 0 Å². The molecule has 23 heavy (non-hydrogen) atoms. The van der Waals surface area contributed by atoms with E-state index in [9.17, 15) is 4.79 Å². The summed E-state index contributed by atoms with van der Waals surface area (Å²) in [5.74, 6) is 1.60. The first kappa shape index (κ1) is 14.3. The smallest absolute Gasteiger partial charge is 0.225 e. The number of para-hydroxylation sites is 1. The maximum absolute atomic E-state index is 12.7. The van der Waals surface area contributed by atoms with Gasteiger partial charge in [0.1, 0.15) is 11.9 Å². The van der Waals surface area contributed by atoms with Gasteiger partial charge in [-0.2, -0.15) is 0 Å². The molecule has 1 aliphatic carbocycles. The van der Waals surface area contributed by atoms with Gasteiger partial charge in [-0.25, -0.2) is 0 Å².